The van der Waals surface area contributed by atoms with Crippen LogP contribution in [0.3, 0.4) is 0 Å². The predicted molar refractivity (Wildman–Crippen MR) is 145 cm³/mol. The fourth-order valence-electron chi connectivity index (χ4n) is 5.15. The van der Waals surface area contributed by atoms with Gasteiger partial charge in [-0.3, -0.25) is 4.55 Å². The molecule has 4 rings (SSSR count). The predicted octanol–water partition coefficient (Wildman–Crippen LogP) is 6.78. The third-order valence-corrected chi connectivity index (χ3v) is 7.17. The van der Waals surface area contributed by atoms with Crippen molar-refractivity contribution >= 4 is 21.2 Å². The van der Waals surface area contributed by atoms with Crippen molar-refractivity contribution in [2.45, 2.75) is 57.8 Å². The van der Waals surface area contributed by atoms with E-state index < -0.39 is 10.1 Å². The van der Waals surface area contributed by atoms with Crippen LogP contribution in [0.1, 0.15) is 52.2 Å². The maximum absolute atomic E-state index is 12.4. The van der Waals surface area contributed by atoms with Gasteiger partial charge in [-0.25, -0.2) is 0 Å². The Bertz CT molecular complexity index is 1510. The molecule has 1 heterocycles. The van der Waals surface area contributed by atoms with Crippen LogP contribution in [0.15, 0.2) is 78.2 Å². The molecule has 0 spiro atoms. The highest BCUT2D eigenvalue weighted by atomic mass is 32.2. The Morgan fingerprint density at radius 1 is 0.944 bits per heavy atom. The molecular formula is C29H33N3O3S. The van der Waals surface area contributed by atoms with E-state index in [2.05, 4.69) is 47.3 Å². The van der Waals surface area contributed by atoms with E-state index in [0.717, 1.165) is 28.6 Å². The lowest BCUT2D eigenvalue weighted by Gasteiger charge is -2.34. The Hall–Kier alpha value is -3.29. The first kappa shape index (κ1) is 25.8. The maximum atomic E-state index is 12.4. The number of hydrogen-bond acceptors (Lipinski definition) is 4. The van der Waals surface area contributed by atoms with Gasteiger partial charge < -0.3 is 0 Å². The van der Waals surface area contributed by atoms with Gasteiger partial charge in [0, 0.05) is 11.1 Å². The fourth-order valence-corrected chi connectivity index (χ4v) is 5.85. The van der Waals surface area contributed by atoms with Crippen molar-refractivity contribution in [3.63, 3.8) is 0 Å². The Morgan fingerprint density at radius 2 is 1.53 bits per heavy atom. The van der Waals surface area contributed by atoms with Crippen molar-refractivity contribution in [1.82, 2.24) is 15.0 Å². The first-order valence-corrected chi connectivity index (χ1v) is 13.4. The summed E-state index contributed by atoms with van der Waals surface area (Å²) in [6.07, 6.45) is 3.23. The van der Waals surface area contributed by atoms with E-state index in [0.29, 0.717) is 23.2 Å². The number of allylic oxidation sites excluding steroid dienone is 1. The van der Waals surface area contributed by atoms with Crippen molar-refractivity contribution < 1.29 is 13.0 Å². The van der Waals surface area contributed by atoms with E-state index in [1.54, 1.807) is 29.1 Å². The van der Waals surface area contributed by atoms with E-state index in [1.807, 2.05) is 30.3 Å². The molecule has 1 N–H and O–H groups in total. The Morgan fingerprint density at radius 3 is 2.08 bits per heavy atom. The van der Waals surface area contributed by atoms with Gasteiger partial charge in [0.05, 0.1) is 5.69 Å². The summed E-state index contributed by atoms with van der Waals surface area (Å²) in [7, 11) is -4.48. The average Bonchev–Trinajstić information content (AvgIpc) is 3.21. The summed E-state index contributed by atoms with van der Waals surface area (Å²) in [5, 5.41) is 9.46. The SMILES string of the molecule is C=CCc1cc(C(C)(C)CC(C)(C)C)cc(-n2nc3ccccc3n2)c1-c1ccccc1S(=O)(=O)O. The van der Waals surface area contributed by atoms with Crippen molar-refractivity contribution in [3.8, 4) is 16.8 Å². The van der Waals surface area contributed by atoms with Crippen LogP contribution in [-0.2, 0) is 22.0 Å². The van der Waals surface area contributed by atoms with Crippen LogP contribution in [0.4, 0.5) is 0 Å². The van der Waals surface area contributed by atoms with Gasteiger partial charge in [0.1, 0.15) is 15.9 Å². The second kappa shape index (κ2) is 9.30. The van der Waals surface area contributed by atoms with Crippen molar-refractivity contribution in [2.24, 2.45) is 5.41 Å². The molecule has 36 heavy (non-hydrogen) atoms. The second-order valence-electron chi connectivity index (χ2n) is 11.1. The number of benzene rings is 3. The van der Waals surface area contributed by atoms with Crippen LogP contribution < -0.4 is 0 Å². The van der Waals surface area contributed by atoms with E-state index in [1.165, 1.54) is 6.07 Å². The van der Waals surface area contributed by atoms with Gasteiger partial charge in [-0.05, 0) is 59.1 Å². The summed E-state index contributed by atoms with van der Waals surface area (Å²) in [6, 6.07) is 18.2. The molecule has 0 aliphatic rings. The molecule has 0 saturated carbocycles. The molecule has 0 fully saturated rings. The number of fused-ring (bicyclic) bond motifs is 1. The molecule has 0 radical (unpaired) electrons. The number of rotatable bonds is 7. The van der Waals surface area contributed by atoms with Gasteiger partial charge in [0.25, 0.3) is 10.1 Å². The summed E-state index contributed by atoms with van der Waals surface area (Å²) >= 11 is 0. The standard InChI is InChI=1S/C29H33N3O3S/c1-7-12-20-17-21(29(5,6)19-28(2,3)4)18-25(32-30-23-14-9-10-15-24(23)31-32)27(20)22-13-8-11-16-26(22)36(33,34)35/h7-11,13-18H,1,12,19H2,2-6H3,(H,33,34,35). The molecule has 6 nitrogen and oxygen atoms in total. The monoisotopic (exact) mass is 503 g/mol. The summed E-state index contributed by atoms with van der Waals surface area (Å²) in [4.78, 5) is 1.42. The third kappa shape index (κ3) is 5.27. The second-order valence-corrected chi connectivity index (χ2v) is 12.5. The maximum Gasteiger partial charge on any atom is 0.295 e. The van der Waals surface area contributed by atoms with Crippen LogP contribution in [0, 0.1) is 5.41 Å². The minimum Gasteiger partial charge on any atom is -0.282 e. The van der Waals surface area contributed by atoms with Crippen molar-refractivity contribution in [1.29, 1.82) is 0 Å². The van der Waals surface area contributed by atoms with Gasteiger partial charge >= 0.3 is 0 Å². The molecule has 0 bridgehead atoms. The average molecular weight is 504 g/mol. The summed E-state index contributed by atoms with van der Waals surface area (Å²) < 4.78 is 34.8. The van der Waals surface area contributed by atoms with Gasteiger partial charge in [-0.1, -0.05) is 77.1 Å². The molecule has 0 unspecified atom stereocenters. The molecule has 7 heteroatoms. The highest BCUT2D eigenvalue weighted by Gasteiger charge is 2.30. The minimum absolute atomic E-state index is 0.0944. The first-order valence-electron chi connectivity index (χ1n) is 12.0. The van der Waals surface area contributed by atoms with E-state index in [9.17, 15) is 13.0 Å². The van der Waals surface area contributed by atoms with Crippen LogP contribution in [0.5, 0.6) is 0 Å². The summed E-state index contributed by atoms with van der Waals surface area (Å²) in [6.45, 7) is 15.0. The van der Waals surface area contributed by atoms with Gasteiger partial charge in [0.15, 0.2) is 0 Å². The van der Waals surface area contributed by atoms with Gasteiger partial charge in [-0.15, -0.1) is 21.6 Å². The minimum atomic E-state index is -4.48. The number of aromatic nitrogens is 3. The largest absolute Gasteiger partial charge is 0.295 e. The molecule has 4 aromatic rings. The molecule has 0 saturated heterocycles. The molecular weight excluding hydrogens is 470 g/mol. The highest BCUT2D eigenvalue weighted by Crippen LogP contribution is 2.42. The van der Waals surface area contributed by atoms with E-state index in [4.69, 9.17) is 10.2 Å². The Labute approximate surface area is 213 Å². The van der Waals surface area contributed by atoms with Crippen LogP contribution in [0.2, 0.25) is 0 Å². The summed E-state index contributed by atoms with van der Waals surface area (Å²) in [5.74, 6) is 0. The fraction of sp³-hybridized carbons (Fsp3) is 0.310. The van der Waals surface area contributed by atoms with E-state index in [-0.39, 0.29) is 15.7 Å². The van der Waals surface area contributed by atoms with E-state index >= 15 is 0 Å². The molecule has 188 valence electrons. The molecule has 0 aliphatic carbocycles. The van der Waals surface area contributed by atoms with Crippen molar-refractivity contribution in [2.75, 3.05) is 0 Å². The van der Waals surface area contributed by atoms with Gasteiger partial charge in [-0.2, -0.15) is 8.42 Å². The van der Waals surface area contributed by atoms with Crippen LogP contribution >= 0.6 is 0 Å². The third-order valence-electron chi connectivity index (χ3n) is 6.25. The molecule has 0 aliphatic heterocycles. The Kier molecular flexibility index (Phi) is 6.66. The zero-order valence-electron chi connectivity index (χ0n) is 21.5. The van der Waals surface area contributed by atoms with Crippen LogP contribution in [-0.4, -0.2) is 28.0 Å². The topological polar surface area (TPSA) is 85.1 Å². The van der Waals surface area contributed by atoms with Gasteiger partial charge in [0.2, 0.25) is 0 Å². The lowest BCUT2D eigenvalue weighted by molar-refractivity contribution is 0.284. The highest BCUT2D eigenvalue weighted by molar-refractivity contribution is 7.86. The lowest BCUT2D eigenvalue weighted by Crippen LogP contribution is -2.25. The van der Waals surface area contributed by atoms with Crippen molar-refractivity contribution in [3.05, 3.63) is 84.4 Å². The molecule has 0 atom stereocenters. The zero-order valence-corrected chi connectivity index (χ0v) is 22.3. The normalized spacial score (nSPS) is 12.7. The summed E-state index contributed by atoms with van der Waals surface area (Å²) in [5.41, 5.74) is 5.06. The Balaban J connectivity index is 2.11. The lowest BCUT2D eigenvalue weighted by atomic mass is 9.71. The zero-order chi connectivity index (χ0) is 26.3. The first-order chi connectivity index (χ1) is 16.8. The molecule has 1 aromatic heterocycles. The quantitative estimate of drug-likeness (QED) is 0.222. The number of hydrogen-bond donors (Lipinski definition) is 1. The molecule has 0 amide bonds. The van der Waals surface area contributed by atoms with Crippen LogP contribution in [0.25, 0.3) is 27.8 Å². The molecule has 3 aromatic carbocycles. The number of nitrogens with zero attached hydrogens (tertiary/aromatic N) is 3. The smallest absolute Gasteiger partial charge is 0.282 e.